The van der Waals surface area contributed by atoms with E-state index in [1.165, 1.54) is 32.1 Å². The van der Waals surface area contributed by atoms with Crippen LogP contribution < -0.4 is 10.6 Å². The largest absolute Gasteiger partial charge is 0.465 e. The molecule has 1 aromatic heterocycles. The second kappa shape index (κ2) is 9.70. The smallest absolute Gasteiger partial charge is 0.191 e. The van der Waals surface area contributed by atoms with Crippen LogP contribution in [0.2, 0.25) is 0 Å². The van der Waals surface area contributed by atoms with Crippen molar-refractivity contribution in [3.05, 3.63) is 23.7 Å². The minimum Gasteiger partial charge on any atom is -0.465 e. The van der Waals surface area contributed by atoms with Gasteiger partial charge in [0.2, 0.25) is 0 Å². The maximum Gasteiger partial charge on any atom is 0.191 e. The number of likely N-dealkylation sites (tertiary alicyclic amines) is 1. The molecule has 1 saturated heterocycles. The molecule has 0 amide bonds. The molecule has 2 heterocycles. The van der Waals surface area contributed by atoms with E-state index in [2.05, 4.69) is 40.8 Å². The van der Waals surface area contributed by atoms with Gasteiger partial charge in [0, 0.05) is 17.8 Å². The average molecular weight is 379 g/mol. The normalized spacial score (nSPS) is 25.6. The van der Waals surface area contributed by atoms with Crippen molar-refractivity contribution in [1.82, 2.24) is 15.5 Å². The van der Waals surface area contributed by atoms with Gasteiger partial charge in [-0.15, -0.1) is 0 Å². The molecule has 146 valence electrons. The molecule has 0 bridgehead atoms. The van der Waals surface area contributed by atoms with Crippen molar-refractivity contribution < 1.29 is 4.42 Å². The zero-order valence-corrected chi connectivity index (χ0v) is 17.3. The lowest BCUT2D eigenvalue weighted by molar-refractivity contribution is 0.219. The van der Waals surface area contributed by atoms with Crippen LogP contribution in [-0.4, -0.2) is 54.6 Å². The summed E-state index contributed by atoms with van der Waals surface area (Å²) in [7, 11) is 0. The zero-order chi connectivity index (χ0) is 18.4. The quantitative estimate of drug-likeness (QED) is 0.561. The molecule has 0 aromatic carbocycles. The Morgan fingerprint density at radius 1 is 1.35 bits per heavy atom. The van der Waals surface area contributed by atoms with Gasteiger partial charge in [-0.3, -0.25) is 9.89 Å². The van der Waals surface area contributed by atoms with Crippen LogP contribution in [0.25, 0.3) is 0 Å². The number of guanidine groups is 1. The first-order valence-electron chi connectivity index (χ1n) is 10.1. The summed E-state index contributed by atoms with van der Waals surface area (Å²) < 4.78 is 5.96. The fraction of sp³-hybridized carbons (Fsp3) is 0.750. The average Bonchev–Trinajstić information content (AvgIpc) is 3.37. The molecule has 2 fully saturated rings. The van der Waals surface area contributed by atoms with E-state index < -0.39 is 0 Å². The number of hydrogen-bond acceptors (Lipinski definition) is 4. The Balaban J connectivity index is 1.66. The Labute approximate surface area is 162 Å². The van der Waals surface area contributed by atoms with Crippen molar-refractivity contribution in [3.8, 4) is 0 Å². The number of hydrogen-bond donors (Lipinski definition) is 2. The van der Waals surface area contributed by atoms with E-state index in [0.717, 1.165) is 48.9 Å². The standard InChI is InChI=1S/C20H34N4OS/c1-4-21-20(23-16-8-9-17(13-16)26-3)22-14-18(24-11-5-6-12-24)19-10-7-15(2)25-19/h7,10,16-18H,4-6,8-9,11-14H2,1-3H3,(H2,21,22,23). The van der Waals surface area contributed by atoms with Gasteiger partial charge < -0.3 is 15.1 Å². The maximum atomic E-state index is 5.96. The second-order valence-corrected chi connectivity index (χ2v) is 8.58. The molecule has 1 aromatic rings. The molecule has 6 heteroatoms. The summed E-state index contributed by atoms with van der Waals surface area (Å²) in [5.41, 5.74) is 0. The fourth-order valence-electron chi connectivity index (χ4n) is 4.05. The first kappa shape index (κ1) is 19.6. The molecular weight excluding hydrogens is 344 g/mol. The summed E-state index contributed by atoms with van der Waals surface area (Å²) in [6.07, 6.45) is 8.55. The Hall–Kier alpha value is -1.14. The summed E-state index contributed by atoms with van der Waals surface area (Å²) in [6, 6.07) is 4.96. The number of aryl methyl sites for hydroxylation is 1. The molecular formula is C20H34N4OS. The van der Waals surface area contributed by atoms with E-state index in [9.17, 15) is 0 Å². The minimum atomic E-state index is 0.240. The van der Waals surface area contributed by atoms with Crippen LogP contribution in [-0.2, 0) is 0 Å². The third-order valence-electron chi connectivity index (χ3n) is 5.50. The van der Waals surface area contributed by atoms with Crippen LogP contribution in [0.1, 0.15) is 56.6 Å². The number of furan rings is 1. The monoisotopic (exact) mass is 378 g/mol. The lowest BCUT2D eigenvalue weighted by Gasteiger charge is -2.25. The lowest BCUT2D eigenvalue weighted by Crippen LogP contribution is -2.43. The number of nitrogens with zero attached hydrogens (tertiary/aromatic N) is 2. The summed E-state index contributed by atoms with van der Waals surface area (Å²) >= 11 is 1.99. The maximum absolute atomic E-state index is 5.96. The van der Waals surface area contributed by atoms with Crippen molar-refractivity contribution in [3.63, 3.8) is 0 Å². The van der Waals surface area contributed by atoms with E-state index in [-0.39, 0.29) is 6.04 Å². The first-order chi connectivity index (χ1) is 12.7. The van der Waals surface area contributed by atoms with E-state index in [0.29, 0.717) is 6.04 Å². The van der Waals surface area contributed by atoms with E-state index >= 15 is 0 Å². The van der Waals surface area contributed by atoms with Crippen molar-refractivity contribution >= 4 is 17.7 Å². The Kier molecular flexibility index (Phi) is 7.32. The van der Waals surface area contributed by atoms with E-state index in [1.807, 2.05) is 18.7 Å². The molecule has 0 spiro atoms. The van der Waals surface area contributed by atoms with Crippen molar-refractivity contribution in [2.75, 3.05) is 32.4 Å². The Morgan fingerprint density at radius 3 is 2.77 bits per heavy atom. The fourth-order valence-corrected chi connectivity index (χ4v) is 4.84. The van der Waals surface area contributed by atoms with Gasteiger partial charge in [-0.25, -0.2) is 0 Å². The summed E-state index contributed by atoms with van der Waals surface area (Å²) in [6.45, 7) is 8.05. The molecule has 1 saturated carbocycles. The first-order valence-corrected chi connectivity index (χ1v) is 11.4. The number of aliphatic imine (C=N–C) groups is 1. The molecule has 1 aliphatic carbocycles. The molecule has 2 N–H and O–H groups in total. The highest BCUT2D eigenvalue weighted by atomic mass is 32.2. The van der Waals surface area contributed by atoms with Gasteiger partial charge in [-0.2, -0.15) is 11.8 Å². The highest BCUT2D eigenvalue weighted by Gasteiger charge is 2.27. The molecule has 0 radical (unpaired) electrons. The Bertz CT molecular complexity index is 582. The minimum absolute atomic E-state index is 0.240. The van der Waals surface area contributed by atoms with Gasteiger partial charge in [0.05, 0.1) is 12.6 Å². The van der Waals surface area contributed by atoms with Gasteiger partial charge in [0.15, 0.2) is 5.96 Å². The summed E-state index contributed by atoms with van der Waals surface area (Å²) in [5.74, 6) is 2.98. The SMILES string of the molecule is CCNC(=NCC(c1ccc(C)o1)N1CCCC1)NC1CCC(SC)C1. The molecule has 5 nitrogen and oxygen atoms in total. The van der Waals surface area contributed by atoms with Crippen LogP contribution >= 0.6 is 11.8 Å². The van der Waals surface area contributed by atoms with Gasteiger partial charge >= 0.3 is 0 Å². The van der Waals surface area contributed by atoms with Gasteiger partial charge in [-0.1, -0.05) is 0 Å². The second-order valence-electron chi connectivity index (χ2n) is 7.44. The van der Waals surface area contributed by atoms with Gasteiger partial charge in [0.25, 0.3) is 0 Å². The molecule has 1 aliphatic heterocycles. The third-order valence-corrected chi connectivity index (χ3v) is 6.59. The van der Waals surface area contributed by atoms with Crippen molar-refractivity contribution in [1.29, 1.82) is 0 Å². The molecule has 3 atom stereocenters. The predicted molar refractivity (Wildman–Crippen MR) is 111 cm³/mol. The van der Waals surface area contributed by atoms with Crippen LogP contribution in [0.15, 0.2) is 21.5 Å². The van der Waals surface area contributed by atoms with Crippen molar-refractivity contribution in [2.45, 2.75) is 63.3 Å². The number of nitrogens with one attached hydrogen (secondary N) is 2. The lowest BCUT2D eigenvalue weighted by atomic mass is 10.2. The van der Waals surface area contributed by atoms with Crippen LogP contribution in [0.5, 0.6) is 0 Å². The van der Waals surface area contributed by atoms with Crippen LogP contribution in [0, 0.1) is 6.92 Å². The zero-order valence-electron chi connectivity index (χ0n) is 16.5. The Morgan fingerprint density at radius 2 is 2.15 bits per heavy atom. The van der Waals surface area contributed by atoms with E-state index in [4.69, 9.17) is 9.41 Å². The highest BCUT2D eigenvalue weighted by molar-refractivity contribution is 7.99. The van der Waals surface area contributed by atoms with Crippen molar-refractivity contribution in [2.24, 2.45) is 4.99 Å². The summed E-state index contributed by atoms with van der Waals surface area (Å²) in [4.78, 5) is 7.46. The molecule has 26 heavy (non-hydrogen) atoms. The molecule has 3 unspecified atom stereocenters. The summed E-state index contributed by atoms with van der Waals surface area (Å²) in [5, 5.41) is 7.88. The molecule has 2 aliphatic rings. The highest BCUT2D eigenvalue weighted by Crippen LogP contribution is 2.29. The molecule has 3 rings (SSSR count). The predicted octanol–water partition coefficient (Wildman–Crippen LogP) is 3.56. The number of thioether (sulfide) groups is 1. The van der Waals surface area contributed by atoms with Gasteiger partial charge in [-0.05, 0) is 77.4 Å². The van der Waals surface area contributed by atoms with Crippen LogP contribution in [0.3, 0.4) is 0 Å². The van der Waals surface area contributed by atoms with Gasteiger partial charge in [0.1, 0.15) is 11.5 Å². The third kappa shape index (κ3) is 5.19. The van der Waals surface area contributed by atoms with E-state index in [1.54, 1.807) is 0 Å². The van der Waals surface area contributed by atoms with Crippen LogP contribution in [0.4, 0.5) is 0 Å². The topological polar surface area (TPSA) is 52.8 Å². The number of rotatable bonds is 7.